The molecule has 0 N–H and O–H groups in total. The van der Waals surface area contributed by atoms with Crippen molar-refractivity contribution in [1.82, 2.24) is 14.8 Å². The van der Waals surface area contributed by atoms with E-state index in [-0.39, 0.29) is 24.1 Å². The zero-order valence-corrected chi connectivity index (χ0v) is 14.7. The molecule has 2 aliphatic rings. The van der Waals surface area contributed by atoms with Crippen molar-refractivity contribution in [2.75, 3.05) is 19.7 Å². The summed E-state index contributed by atoms with van der Waals surface area (Å²) in [4.78, 5) is 32.3. The van der Waals surface area contributed by atoms with Gasteiger partial charge in [-0.15, -0.1) is 0 Å². The number of hydrogen-bond acceptors (Lipinski definition) is 4. The first-order valence-electron chi connectivity index (χ1n) is 7.97. The molecule has 0 aliphatic carbocycles. The number of aromatic nitrogens is 1. The fourth-order valence-corrected chi connectivity index (χ4v) is 3.61. The molecule has 0 saturated carbocycles. The molecule has 0 spiro atoms. The summed E-state index contributed by atoms with van der Waals surface area (Å²) in [7, 11) is 0. The number of ether oxygens (including phenoxy) is 1. The van der Waals surface area contributed by atoms with Crippen LogP contribution in [0, 0.1) is 0 Å². The van der Waals surface area contributed by atoms with Crippen molar-refractivity contribution in [1.29, 1.82) is 0 Å². The maximum atomic E-state index is 12.5. The van der Waals surface area contributed by atoms with E-state index in [1.165, 1.54) is 0 Å². The maximum absolute atomic E-state index is 12.5. The molecule has 1 atom stereocenters. The fourth-order valence-electron chi connectivity index (χ4n) is 3.27. The molecule has 2 aliphatic heterocycles. The summed E-state index contributed by atoms with van der Waals surface area (Å²) in [6.45, 7) is 3.82. The molecule has 2 amide bonds. The molecule has 1 aromatic rings. The van der Waals surface area contributed by atoms with Gasteiger partial charge in [0.25, 0.3) is 5.91 Å². The molecule has 3 rings (SSSR count). The van der Waals surface area contributed by atoms with Gasteiger partial charge in [0.2, 0.25) is 0 Å². The lowest BCUT2D eigenvalue weighted by atomic mass is 10.0. The van der Waals surface area contributed by atoms with E-state index in [1.54, 1.807) is 12.1 Å². The Morgan fingerprint density at radius 1 is 1.39 bits per heavy atom. The second-order valence-corrected chi connectivity index (χ2v) is 6.73. The van der Waals surface area contributed by atoms with Crippen molar-refractivity contribution >= 4 is 27.9 Å². The minimum atomic E-state index is -0.213. The van der Waals surface area contributed by atoms with Crippen LogP contribution in [-0.2, 0) is 4.74 Å². The Labute approximate surface area is 143 Å². The number of cyclic esters (lactones) is 1. The van der Waals surface area contributed by atoms with Gasteiger partial charge in [-0.3, -0.25) is 9.69 Å². The molecular formula is C16H20BrN3O3. The lowest BCUT2D eigenvalue weighted by Crippen LogP contribution is -2.49. The van der Waals surface area contributed by atoms with E-state index in [9.17, 15) is 9.59 Å². The SMILES string of the molecule is CCC1COC(=O)N1C1CCN(C(=O)c2cccc(Br)n2)CC1. The van der Waals surface area contributed by atoms with Crippen LogP contribution in [0.15, 0.2) is 22.8 Å². The summed E-state index contributed by atoms with van der Waals surface area (Å²) in [6.07, 6.45) is 2.25. The molecule has 7 heteroatoms. The van der Waals surface area contributed by atoms with E-state index in [2.05, 4.69) is 27.8 Å². The van der Waals surface area contributed by atoms with Crippen LogP contribution in [-0.4, -0.2) is 58.6 Å². The van der Waals surface area contributed by atoms with Crippen molar-refractivity contribution in [2.24, 2.45) is 0 Å². The number of pyridine rings is 1. The van der Waals surface area contributed by atoms with Gasteiger partial charge >= 0.3 is 6.09 Å². The van der Waals surface area contributed by atoms with Gasteiger partial charge in [-0.2, -0.15) is 0 Å². The highest BCUT2D eigenvalue weighted by molar-refractivity contribution is 9.10. The smallest absolute Gasteiger partial charge is 0.410 e. The zero-order chi connectivity index (χ0) is 16.4. The molecule has 3 heterocycles. The van der Waals surface area contributed by atoms with Crippen molar-refractivity contribution in [2.45, 2.75) is 38.3 Å². The third kappa shape index (κ3) is 3.34. The van der Waals surface area contributed by atoms with Gasteiger partial charge in [0.15, 0.2) is 0 Å². The number of hydrogen-bond donors (Lipinski definition) is 0. The number of carbonyl (C=O) groups excluding carboxylic acids is 2. The van der Waals surface area contributed by atoms with E-state index < -0.39 is 0 Å². The number of likely N-dealkylation sites (tertiary alicyclic amines) is 1. The second kappa shape index (κ2) is 6.86. The van der Waals surface area contributed by atoms with Crippen molar-refractivity contribution < 1.29 is 14.3 Å². The van der Waals surface area contributed by atoms with E-state index in [4.69, 9.17) is 4.74 Å². The largest absolute Gasteiger partial charge is 0.447 e. The number of amides is 2. The lowest BCUT2D eigenvalue weighted by Gasteiger charge is -2.37. The lowest BCUT2D eigenvalue weighted by molar-refractivity contribution is 0.0630. The van der Waals surface area contributed by atoms with Crippen molar-refractivity contribution in [3.63, 3.8) is 0 Å². The van der Waals surface area contributed by atoms with Crippen LogP contribution in [0.5, 0.6) is 0 Å². The quantitative estimate of drug-likeness (QED) is 0.755. The van der Waals surface area contributed by atoms with E-state index in [0.29, 0.717) is 30.0 Å². The molecule has 2 saturated heterocycles. The standard InChI is InChI=1S/C16H20BrN3O3/c1-2-11-10-23-16(22)20(11)12-6-8-19(9-7-12)15(21)13-4-3-5-14(17)18-13/h3-5,11-12H,2,6-10H2,1H3. The van der Waals surface area contributed by atoms with E-state index >= 15 is 0 Å². The van der Waals surface area contributed by atoms with Gasteiger partial charge in [0.1, 0.15) is 16.9 Å². The van der Waals surface area contributed by atoms with Gasteiger partial charge in [-0.25, -0.2) is 9.78 Å². The molecule has 124 valence electrons. The Balaban J connectivity index is 1.62. The average molecular weight is 382 g/mol. The topological polar surface area (TPSA) is 62.7 Å². The Morgan fingerprint density at radius 2 is 2.13 bits per heavy atom. The third-order valence-electron chi connectivity index (χ3n) is 4.55. The van der Waals surface area contributed by atoms with Gasteiger partial charge in [0.05, 0.1) is 6.04 Å². The number of piperidine rings is 1. The van der Waals surface area contributed by atoms with Crippen molar-refractivity contribution in [3.8, 4) is 0 Å². The van der Waals surface area contributed by atoms with Crippen LogP contribution in [0.2, 0.25) is 0 Å². The Hall–Kier alpha value is -1.63. The highest BCUT2D eigenvalue weighted by atomic mass is 79.9. The summed E-state index contributed by atoms with van der Waals surface area (Å²) >= 11 is 3.29. The Morgan fingerprint density at radius 3 is 2.78 bits per heavy atom. The molecule has 0 aromatic carbocycles. The molecular weight excluding hydrogens is 362 g/mol. The van der Waals surface area contributed by atoms with Gasteiger partial charge in [-0.1, -0.05) is 13.0 Å². The number of rotatable bonds is 3. The van der Waals surface area contributed by atoms with Crippen LogP contribution in [0.3, 0.4) is 0 Å². The minimum Gasteiger partial charge on any atom is -0.447 e. The average Bonchev–Trinajstić information content (AvgIpc) is 2.95. The van der Waals surface area contributed by atoms with E-state index in [1.807, 2.05) is 15.9 Å². The number of carbonyl (C=O) groups is 2. The zero-order valence-electron chi connectivity index (χ0n) is 13.1. The molecule has 0 bridgehead atoms. The van der Waals surface area contributed by atoms with E-state index in [0.717, 1.165) is 19.3 Å². The highest BCUT2D eigenvalue weighted by Crippen LogP contribution is 2.25. The third-order valence-corrected chi connectivity index (χ3v) is 5.00. The van der Waals surface area contributed by atoms with Crippen LogP contribution < -0.4 is 0 Å². The maximum Gasteiger partial charge on any atom is 0.410 e. The number of halogens is 1. The summed E-state index contributed by atoms with van der Waals surface area (Å²) in [6, 6.07) is 5.66. The molecule has 1 unspecified atom stereocenters. The predicted molar refractivity (Wildman–Crippen MR) is 88.1 cm³/mol. The Kier molecular flexibility index (Phi) is 4.84. The molecule has 6 nitrogen and oxygen atoms in total. The molecule has 23 heavy (non-hydrogen) atoms. The van der Waals surface area contributed by atoms with Gasteiger partial charge in [-0.05, 0) is 47.3 Å². The van der Waals surface area contributed by atoms with Crippen LogP contribution in [0.1, 0.15) is 36.7 Å². The first-order chi connectivity index (χ1) is 11.1. The van der Waals surface area contributed by atoms with Crippen LogP contribution in [0.4, 0.5) is 4.79 Å². The summed E-state index contributed by atoms with van der Waals surface area (Å²) in [5.74, 6) is -0.0548. The molecule has 1 aromatic heterocycles. The first kappa shape index (κ1) is 16.2. The summed E-state index contributed by atoms with van der Waals surface area (Å²) in [5.41, 5.74) is 0.449. The Bertz CT molecular complexity index is 602. The predicted octanol–water partition coefficient (Wildman–Crippen LogP) is 2.68. The first-order valence-corrected chi connectivity index (χ1v) is 8.76. The number of nitrogens with zero attached hydrogens (tertiary/aromatic N) is 3. The van der Waals surface area contributed by atoms with Crippen LogP contribution in [0.25, 0.3) is 0 Å². The summed E-state index contributed by atoms with van der Waals surface area (Å²) < 4.78 is 5.83. The second-order valence-electron chi connectivity index (χ2n) is 5.92. The minimum absolute atomic E-state index is 0.0548. The summed E-state index contributed by atoms with van der Waals surface area (Å²) in [5, 5.41) is 0. The monoisotopic (exact) mass is 381 g/mol. The van der Waals surface area contributed by atoms with Gasteiger partial charge in [0, 0.05) is 19.1 Å². The molecule has 2 fully saturated rings. The normalized spacial score (nSPS) is 22.3. The van der Waals surface area contributed by atoms with Gasteiger partial charge < -0.3 is 9.64 Å². The molecule has 0 radical (unpaired) electrons. The fraction of sp³-hybridized carbons (Fsp3) is 0.562. The van der Waals surface area contributed by atoms with Crippen LogP contribution >= 0.6 is 15.9 Å². The highest BCUT2D eigenvalue weighted by Gasteiger charge is 2.39. The van der Waals surface area contributed by atoms with Crippen molar-refractivity contribution in [3.05, 3.63) is 28.5 Å².